The van der Waals surface area contributed by atoms with Crippen LogP contribution in [0.2, 0.25) is 0 Å². The minimum atomic E-state index is -0.724. The molecule has 4 heteroatoms. The monoisotopic (exact) mass is 267 g/mol. The number of hydrogen-bond donors (Lipinski definition) is 2. The molecule has 2 aliphatic carbocycles. The molecular formula is C15H25NO3. The number of aliphatic carboxylic acids is 1. The molecule has 0 aromatic rings. The molecule has 0 radical (unpaired) electrons. The smallest absolute Gasteiger partial charge is 0.306 e. The number of carbonyl (C=O) groups is 2. The first-order chi connectivity index (χ1) is 9.04. The molecule has 0 spiro atoms. The minimum absolute atomic E-state index is 0.0783. The van der Waals surface area contributed by atoms with Crippen LogP contribution in [0.3, 0.4) is 0 Å². The van der Waals surface area contributed by atoms with Crippen molar-refractivity contribution in [2.45, 2.75) is 64.3 Å². The average molecular weight is 267 g/mol. The zero-order chi connectivity index (χ0) is 13.8. The molecule has 1 amide bonds. The molecule has 4 nitrogen and oxygen atoms in total. The van der Waals surface area contributed by atoms with E-state index in [1.54, 1.807) is 0 Å². The van der Waals surface area contributed by atoms with Crippen molar-refractivity contribution in [3.8, 4) is 0 Å². The predicted molar refractivity (Wildman–Crippen MR) is 72.6 cm³/mol. The molecule has 4 atom stereocenters. The van der Waals surface area contributed by atoms with Gasteiger partial charge in [0.2, 0.25) is 5.91 Å². The molecule has 108 valence electrons. The number of rotatable bonds is 4. The number of hydrogen-bond acceptors (Lipinski definition) is 2. The van der Waals surface area contributed by atoms with E-state index < -0.39 is 5.97 Å². The van der Waals surface area contributed by atoms with Gasteiger partial charge in [-0.3, -0.25) is 9.59 Å². The van der Waals surface area contributed by atoms with Crippen molar-refractivity contribution in [2.24, 2.45) is 17.8 Å². The summed E-state index contributed by atoms with van der Waals surface area (Å²) in [5.41, 5.74) is 0. The topological polar surface area (TPSA) is 66.4 Å². The van der Waals surface area contributed by atoms with Crippen LogP contribution in [0.4, 0.5) is 0 Å². The standard InChI is InChI=1S/C15H25NO3/c1-10-3-2-4-11(7-10)8-14(17)16-13-6-5-12(9-13)15(18)19/h10-13H,2-9H2,1H3,(H,16,17)(H,18,19)/t10?,11?,12-,13+/m1/s1. The number of nitrogens with one attached hydrogen (secondary N) is 1. The quantitative estimate of drug-likeness (QED) is 0.822. The van der Waals surface area contributed by atoms with Gasteiger partial charge in [0.1, 0.15) is 0 Å². The van der Waals surface area contributed by atoms with Crippen LogP contribution in [-0.2, 0) is 9.59 Å². The van der Waals surface area contributed by atoms with Crippen LogP contribution in [0.25, 0.3) is 0 Å². The van der Waals surface area contributed by atoms with Gasteiger partial charge in [0, 0.05) is 12.5 Å². The third-order valence-corrected chi connectivity index (χ3v) is 4.67. The van der Waals surface area contributed by atoms with Crippen molar-refractivity contribution in [1.82, 2.24) is 5.32 Å². The Morgan fingerprint density at radius 2 is 1.95 bits per heavy atom. The van der Waals surface area contributed by atoms with Gasteiger partial charge in [-0.1, -0.05) is 19.8 Å². The van der Waals surface area contributed by atoms with E-state index in [9.17, 15) is 9.59 Å². The Kier molecular flexibility index (Phi) is 4.83. The highest BCUT2D eigenvalue weighted by Gasteiger charge is 2.31. The zero-order valence-electron chi connectivity index (χ0n) is 11.7. The SMILES string of the molecule is CC1CCCC(CC(=O)N[C@H]2CC[C@@H](C(=O)O)C2)C1. The van der Waals surface area contributed by atoms with Crippen LogP contribution in [0, 0.1) is 17.8 Å². The summed E-state index contributed by atoms with van der Waals surface area (Å²) in [7, 11) is 0. The lowest BCUT2D eigenvalue weighted by atomic mass is 9.81. The fourth-order valence-electron chi connectivity index (χ4n) is 3.63. The molecule has 2 aliphatic rings. The highest BCUT2D eigenvalue weighted by atomic mass is 16.4. The third-order valence-electron chi connectivity index (χ3n) is 4.67. The second-order valence-corrected chi connectivity index (χ2v) is 6.45. The van der Waals surface area contributed by atoms with E-state index in [-0.39, 0.29) is 17.9 Å². The lowest BCUT2D eigenvalue weighted by Crippen LogP contribution is -2.35. The van der Waals surface area contributed by atoms with Crippen LogP contribution in [0.5, 0.6) is 0 Å². The highest BCUT2D eigenvalue weighted by Crippen LogP contribution is 2.31. The first-order valence-electron chi connectivity index (χ1n) is 7.56. The van der Waals surface area contributed by atoms with Gasteiger partial charge in [-0.05, 0) is 43.9 Å². The van der Waals surface area contributed by atoms with Gasteiger partial charge >= 0.3 is 5.97 Å². The Balaban J connectivity index is 1.71. The average Bonchev–Trinajstić information content (AvgIpc) is 2.77. The summed E-state index contributed by atoms with van der Waals surface area (Å²) < 4.78 is 0. The van der Waals surface area contributed by atoms with Crippen molar-refractivity contribution >= 4 is 11.9 Å². The Morgan fingerprint density at radius 3 is 2.58 bits per heavy atom. The van der Waals surface area contributed by atoms with E-state index in [4.69, 9.17) is 5.11 Å². The lowest BCUT2D eigenvalue weighted by molar-refractivity contribution is -0.141. The van der Waals surface area contributed by atoms with E-state index >= 15 is 0 Å². The maximum absolute atomic E-state index is 12.0. The van der Waals surface area contributed by atoms with Crippen LogP contribution in [0.15, 0.2) is 0 Å². The van der Waals surface area contributed by atoms with Crippen LogP contribution in [-0.4, -0.2) is 23.0 Å². The lowest BCUT2D eigenvalue weighted by Gasteiger charge is -2.26. The van der Waals surface area contributed by atoms with E-state index in [1.165, 1.54) is 19.3 Å². The number of carbonyl (C=O) groups excluding carboxylic acids is 1. The van der Waals surface area contributed by atoms with Gasteiger partial charge < -0.3 is 10.4 Å². The normalized spacial score (nSPS) is 35.0. The summed E-state index contributed by atoms with van der Waals surface area (Å²) >= 11 is 0. The molecule has 2 fully saturated rings. The number of amides is 1. The van der Waals surface area contributed by atoms with E-state index in [0.717, 1.165) is 18.8 Å². The summed E-state index contributed by atoms with van der Waals surface area (Å²) in [5, 5.41) is 12.0. The van der Waals surface area contributed by atoms with Crippen molar-refractivity contribution < 1.29 is 14.7 Å². The van der Waals surface area contributed by atoms with Gasteiger partial charge in [0.05, 0.1) is 5.92 Å². The first kappa shape index (κ1) is 14.4. The third kappa shape index (κ3) is 4.22. The molecule has 2 saturated carbocycles. The largest absolute Gasteiger partial charge is 0.481 e. The van der Waals surface area contributed by atoms with Crippen molar-refractivity contribution in [3.63, 3.8) is 0 Å². The Labute approximate surface area is 115 Å². The summed E-state index contributed by atoms with van der Waals surface area (Å²) in [6, 6.07) is 0.0783. The summed E-state index contributed by atoms with van der Waals surface area (Å²) in [6.07, 6.45) is 7.59. The molecule has 0 saturated heterocycles. The number of carboxylic acids is 1. The fraction of sp³-hybridized carbons (Fsp3) is 0.867. The van der Waals surface area contributed by atoms with E-state index in [0.29, 0.717) is 25.2 Å². The Hall–Kier alpha value is -1.06. The maximum Gasteiger partial charge on any atom is 0.306 e. The van der Waals surface area contributed by atoms with Crippen LogP contribution in [0.1, 0.15) is 58.3 Å². The molecular weight excluding hydrogens is 242 g/mol. The molecule has 0 aliphatic heterocycles. The van der Waals surface area contributed by atoms with Crippen molar-refractivity contribution in [3.05, 3.63) is 0 Å². The molecule has 0 heterocycles. The predicted octanol–water partition coefficient (Wildman–Crippen LogP) is 2.57. The minimum Gasteiger partial charge on any atom is -0.481 e. The van der Waals surface area contributed by atoms with Gasteiger partial charge in [0.15, 0.2) is 0 Å². The highest BCUT2D eigenvalue weighted by molar-refractivity contribution is 5.77. The number of carboxylic acid groups (broad SMARTS) is 1. The van der Waals surface area contributed by atoms with E-state index in [1.807, 2.05) is 0 Å². The first-order valence-corrected chi connectivity index (χ1v) is 7.56. The van der Waals surface area contributed by atoms with Crippen molar-refractivity contribution in [1.29, 1.82) is 0 Å². The van der Waals surface area contributed by atoms with Crippen molar-refractivity contribution in [2.75, 3.05) is 0 Å². The molecule has 2 unspecified atom stereocenters. The summed E-state index contributed by atoms with van der Waals surface area (Å²) in [5.74, 6) is 0.405. The van der Waals surface area contributed by atoms with Gasteiger partial charge in [-0.15, -0.1) is 0 Å². The Morgan fingerprint density at radius 1 is 1.16 bits per heavy atom. The Bertz CT molecular complexity index is 342. The molecule has 19 heavy (non-hydrogen) atoms. The van der Waals surface area contributed by atoms with E-state index in [2.05, 4.69) is 12.2 Å². The maximum atomic E-state index is 12.0. The summed E-state index contributed by atoms with van der Waals surface area (Å²) in [6.45, 7) is 2.26. The second kappa shape index (κ2) is 6.40. The molecule has 2 N–H and O–H groups in total. The van der Waals surface area contributed by atoms with Gasteiger partial charge in [-0.2, -0.15) is 0 Å². The zero-order valence-corrected chi connectivity index (χ0v) is 11.7. The van der Waals surface area contributed by atoms with Gasteiger partial charge in [0.25, 0.3) is 0 Å². The fourth-order valence-corrected chi connectivity index (χ4v) is 3.63. The molecule has 0 aromatic carbocycles. The molecule has 0 bridgehead atoms. The summed E-state index contributed by atoms with van der Waals surface area (Å²) in [4.78, 5) is 22.9. The van der Waals surface area contributed by atoms with Gasteiger partial charge in [-0.25, -0.2) is 0 Å². The second-order valence-electron chi connectivity index (χ2n) is 6.45. The van der Waals surface area contributed by atoms with Crippen LogP contribution >= 0.6 is 0 Å². The van der Waals surface area contributed by atoms with Crippen LogP contribution < -0.4 is 5.32 Å². The molecule has 0 aromatic heterocycles. The molecule has 2 rings (SSSR count).